The van der Waals surface area contributed by atoms with Crippen LogP contribution in [-0.2, 0) is 19.1 Å². The summed E-state index contributed by atoms with van der Waals surface area (Å²) in [6.45, 7) is 2.52. The summed E-state index contributed by atoms with van der Waals surface area (Å²) >= 11 is 11.8. The van der Waals surface area contributed by atoms with E-state index >= 15 is 0 Å². The fourth-order valence-electron chi connectivity index (χ4n) is 2.97. The first-order valence-electron chi connectivity index (χ1n) is 7.93. The number of hydrogen-bond donors (Lipinski definition) is 1. The molecule has 0 aromatic heterocycles. The molecule has 0 aliphatic heterocycles. The second kappa shape index (κ2) is 8.55. The van der Waals surface area contributed by atoms with Crippen molar-refractivity contribution in [2.24, 2.45) is 0 Å². The maximum absolute atomic E-state index is 11.5. The molecular formula is C16H18Cl2N2O6. The average Bonchev–Trinajstić information content (AvgIpc) is 2.52. The molecule has 0 heterocycles. The fraction of sp³-hybridized carbons (Fsp3) is 0.500. The van der Waals surface area contributed by atoms with Crippen LogP contribution in [0.15, 0.2) is 12.1 Å². The van der Waals surface area contributed by atoms with Crippen molar-refractivity contribution in [1.82, 2.24) is 0 Å². The minimum absolute atomic E-state index is 0.0573. The number of halogens is 2. The van der Waals surface area contributed by atoms with Crippen LogP contribution in [0.3, 0.4) is 0 Å². The van der Waals surface area contributed by atoms with E-state index in [9.17, 15) is 19.7 Å². The molecule has 1 aromatic rings. The zero-order valence-corrected chi connectivity index (χ0v) is 15.7. The van der Waals surface area contributed by atoms with Gasteiger partial charge in [0, 0.05) is 19.9 Å². The lowest BCUT2D eigenvalue weighted by Gasteiger charge is -2.37. The lowest BCUT2D eigenvalue weighted by atomic mass is 9.89. The van der Waals surface area contributed by atoms with Crippen LogP contribution in [0, 0.1) is 10.1 Å². The first-order valence-corrected chi connectivity index (χ1v) is 8.69. The molecule has 0 saturated heterocycles. The van der Waals surface area contributed by atoms with Gasteiger partial charge in [-0.2, -0.15) is 0 Å². The number of nitro groups is 1. The van der Waals surface area contributed by atoms with E-state index in [-0.39, 0.29) is 21.4 Å². The molecule has 1 aliphatic carbocycles. The van der Waals surface area contributed by atoms with Crippen molar-refractivity contribution < 1.29 is 24.0 Å². The van der Waals surface area contributed by atoms with E-state index in [0.717, 1.165) is 6.07 Å². The Bertz CT molecular complexity index is 727. The van der Waals surface area contributed by atoms with Gasteiger partial charge in [-0.15, -0.1) is 0 Å². The maximum atomic E-state index is 11.5. The van der Waals surface area contributed by atoms with Crippen molar-refractivity contribution in [3.63, 3.8) is 0 Å². The smallest absolute Gasteiger partial charge is 0.303 e. The monoisotopic (exact) mass is 404 g/mol. The molecule has 0 spiro atoms. The van der Waals surface area contributed by atoms with Crippen LogP contribution < -0.4 is 5.32 Å². The van der Waals surface area contributed by atoms with Crippen molar-refractivity contribution in [1.29, 1.82) is 0 Å². The highest BCUT2D eigenvalue weighted by Crippen LogP contribution is 2.36. The molecule has 26 heavy (non-hydrogen) atoms. The molecule has 0 unspecified atom stereocenters. The van der Waals surface area contributed by atoms with Gasteiger partial charge in [0.1, 0.15) is 11.8 Å². The zero-order valence-electron chi connectivity index (χ0n) is 14.2. The molecule has 1 aromatic carbocycles. The Balaban J connectivity index is 2.33. The number of nitro benzene ring substituents is 1. The van der Waals surface area contributed by atoms with Crippen LogP contribution in [0.2, 0.25) is 10.0 Å². The van der Waals surface area contributed by atoms with E-state index in [2.05, 4.69) is 5.32 Å². The molecule has 2 rings (SSSR count). The van der Waals surface area contributed by atoms with E-state index in [1.807, 2.05) is 0 Å². The second-order valence-corrected chi connectivity index (χ2v) is 6.76. The Morgan fingerprint density at radius 2 is 1.77 bits per heavy atom. The van der Waals surface area contributed by atoms with E-state index in [1.54, 1.807) is 0 Å². The second-order valence-electron chi connectivity index (χ2n) is 5.94. The van der Waals surface area contributed by atoms with E-state index in [4.69, 9.17) is 32.7 Å². The summed E-state index contributed by atoms with van der Waals surface area (Å²) in [4.78, 5) is 33.5. The summed E-state index contributed by atoms with van der Waals surface area (Å²) in [5.74, 6) is -1.03. The van der Waals surface area contributed by atoms with Gasteiger partial charge < -0.3 is 14.8 Å². The predicted molar refractivity (Wildman–Crippen MR) is 95.5 cm³/mol. The predicted octanol–water partition coefficient (Wildman–Crippen LogP) is 3.73. The maximum Gasteiger partial charge on any atom is 0.303 e. The largest absolute Gasteiger partial charge is 0.459 e. The summed E-state index contributed by atoms with van der Waals surface area (Å²) in [6, 6.07) is 2.01. The van der Waals surface area contributed by atoms with Crippen molar-refractivity contribution in [2.45, 2.75) is 51.4 Å². The molecule has 0 amide bonds. The lowest BCUT2D eigenvalue weighted by molar-refractivity contribution is -0.384. The third-order valence-electron chi connectivity index (χ3n) is 3.96. The van der Waals surface area contributed by atoms with Crippen LogP contribution in [-0.4, -0.2) is 35.1 Å². The van der Waals surface area contributed by atoms with Gasteiger partial charge in [0.15, 0.2) is 6.10 Å². The molecule has 1 N–H and O–H groups in total. The number of nitrogens with one attached hydrogen (secondary N) is 1. The van der Waals surface area contributed by atoms with Crippen molar-refractivity contribution in [2.75, 3.05) is 5.32 Å². The molecule has 1 saturated carbocycles. The number of benzene rings is 1. The van der Waals surface area contributed by atoms with Crippen molar-refractivity contribution in [3.05, 3.63) is 32.3 Å². The molecule has 10 heteroatoms. The van der Waals surface area contributed by atoms with Crippen LogP contribution in [0.25, 0.3) is 0 Å². The number of esters is 2. The van der Waals surface area contributed by atoms with Crippen molar-refractivity contribution >= 4 is 46.5 Å². The van der Waals surface area contributed by atoms with Gasteiger partial charge in [0.25, 0.3) is 5.69 Å². The van der Waals surface area contributed by atoms with Gasteiger partial charge in [-0.3, -0.25) is 19.7 Å². The van der Waals surface area contributed by atoms with Gasteiger partial charge in [-0.25, -0.2) is 0 Å². The van der Waals surface area contributed by atoms with Crippen LogP contribution in [0.5, 0.6) is 0 Å². The Morgan fingerprint density at radius 3 is 2.35 bits per heavy atom. The number of nitrogens with zero attached hydrogens (tertiary/aromatic N) is 1. The molecular weight excluding hydrogens is 387 g/mol. The molecule has 1 fully saturated rings. The number of hydrogen-bond acceptors (Lipinski definition) is 7. The summed E-state index contributed by atoms with van der Waals surface area (Å²) in [5, 5.41) is 14.5. The number of rotatable bonds is 5. The summed E-state index contributed by atoms with van der Waals surface area (Å²) in [5.41, 5.74) is -0.106. The summed E-state index contributed by atoms with van der Waals surface area (Å²) in [6.07, 6.45) is 0.359. The van der Waals surface area contributed by atoms with E-state index < -0.39 is 35.1 Å². The van der Waals surface area contributed by atoms with E-state index in [1.165, 1.54) is 19.9 Å². The quantitative estimate of drug-likeness (QED) is 0.452. The third kappa shape index (κ3) is 4.98. The Labute approximate surface area is 159 Å². The SMILES string of the molecule is CC(=O)O[C@H]1[C@H](Nc2cc(Cl)c(Cl)cc2[N+](=O)[O-])CCC[C@H]1OC(C)=O. The molecule has 0 radical (unpaired) electrons. The first kappa shape index (κ1) is 20.3. The normalized spacial score (nSPS) is 22.4. The number of anilines is 1. The Morgan fingerprint density at radius 1 is 1.15 bits per heavy atom. The van der Waals surface area contributed by atoms with Crippen LogP contribution in [0.4, 0.5) is 11.4 Å². The molecule has 0 bridgehead atoms. The molecule has 3 atom stereocenters. The summed E-state index contributed by atoms with van der Waals surface area (Å²) in [7, 11) is 0. The van der Waals surface area contributed by atoms with Crippen LogP contribution >= 0.6 is 23.2 Å². The highest BCUT2D eigenvalue weighted by molar-refractivity contribution is 6.42. The Hall–Kier alpha value is -2.06. The standard InChI is InChI=1S/C16H18Cl2N2O6/c1-8(21)25-15-5-3-4-12(16(15)26-9(2)22)19-13-6-10(17)11(18)7-14(13)20(23)24/h6-7,12,15-16,19H,3-5H2,1-2H3/t12-,15-,16+/m1/s1. The molecule has 142 valence electrons. The number of carbonyl (C=O) groups excluding carboxylic acids is 2. The first-order chi connectivity index (χ1) is 12.2. The average molecular weight is 405 g/mol. The minimum atomic E-state index is -0.779. The molecule has 8 nitrogen and oxygen atoms in total. The number of ether oxygens (including phenoxy) is 2. The van der Waals surface area contributed by atoms with Gasteiger partial charge in [-0.05, 0) is 25.3 Å². The minimum Gasteiger partial charge on any atom is -0.459 e. The third-order valence-corrected chi connectivity index (χ3v) is 4.68. The van der Waals surface area contributed by atoms with Gasteiger partial charge in [-0.1, -0.05) is 23.2 Å². The summed E-state index contributed by atoms with van der Waals surface area (Å²) < 4.78 is 10.6. The van der Waals surface area contributed by atoms with Gasteiger partial charge >= 0.3 is 11.9 Å². The van der Waals surface area contributed by atoms with Crippen molar-refractivity contribution in [3.8, 4) is 0 Å². The Kier molecular flexibility index (Phi) is 6.66. The number of carbonyl (C=O) groups is 2. The highest BCUT2D eigenvalue weighted by Gasteiger charge is 2.38. The zero-order chi connectivity index (χ0) is 19.4. The topological polar surface area (TPSA) is 108 Å². The fourth-order valence-corrected chi connectivity index (χ4v) is 3.29. The van der Waals surface area contributed by atoms with Gasteiger partial charge in [0.05, 0.1) is 21.0 Å². The van der Waals surface area contributed by atoms with Crippen LogP contribution in [0.1, 0.15) is 33.1 Å². The highest BCUT2D eigenvalue weighted by atomic mass is 35.5. The lowest BCUT2D eigenvalue weighted by Crippen LogP contribution is -2.49. The molecule has 1 aliphatic rings. The van der Waals surface area contributed by atoms with Gasteiger partial charge in [0.2, 0.25) is 0 Å². The van der Waals surface area contributed by atoms with E-state index in [0.29, 0.717) is 19.3 Å².